The summed E-state index contributed by atoms with van der Waals surface area (Å²) < 4.78 is 21.9. The molecule has 6 nitrogen and oxygen atoms in total. The first-order valence-corrected chi connectivity index (χ1v) is 10.4. The minimum absolute atomic E-state index is 0.148. The minimum atomic E-state index is -0.148. The quantitative estimate of drug-likeness (QED) is 0.505. The van der Waals surface area contributed by atoms with Gasteiger partial charge in [-0.1, -0.05) is 18.2 Å². The number of methoxy groups -OCH3 is 3. The van der Waals surface area contributed by atoms with Crippen molar-refractivity contribution < 1.29 is 23.7 Å². The Morgan fingerprint density at radius 2 is 1.59 bits per heavy atom. The monoisotopic (exact) mass is 435 g/mol. The van der Waals surface area contributed by atoms with E-state index in [1.165, 1.54) is 0 Å². The zero-order valence-corrected chi connectivity index (χ0v) is 18.9. The summed E-state index contributed by atoms with van der Waals surface area (Å²) in [5.74, 6) is 2.66. The molecule has 0 spiro atoms. The second-order valence-electron chi connectivity index (χ2n) is 7.33. The van der Waals surface area contributed by atoms with Crippen LogP contribution in [0.25, 0.3) is 0 Å². The number of amides is 1. The Labute approximate surface area is 189 Å². The third-order valence-electron chi connectivity index (χ3n) is 5.07. The zero-order valence-electron chi connectivity index (χ0n) is 18.9. The van der Waals surface area contributed by atoms with Crippen molar-refractivity contribution in [2.75, 3.05) is 27.9 Å². The van der Waals surface area contributed by atoms with Crippen LogP contribution < -0.4 is 24.3 Å². The van der Waals surface area contributed by atoms with Crippen molar-refractivity contribution in [3.8, 4) is 23.0 Å². The molecule has 0 aliphatic rings. The van der Waals surface area contributed by atoms with Gasteiger partial charge in [-0.2, -0.15) is 0 Å². The predicted octanol–water partition coefficient (Wildman–Crippen LogP) is 4.57. The SMILES string of the molecule is COc1ccc(C(=O)NCCc2ccc(OC)c(OC)c2)cc1COc1cccc(C)c1. The van der Waals surface area contributed by atoms with Gasteiger partial charge in [-0.25, -0.2) is 0 Å². The van der Waals surface area contributed by atoms with Crippen LogP contribution in [-0.2, 0) is 13.0 Å². The Morgan fingerprint density at radius 1 is 0.844 bits per heavy atom. The molecule has 0 unspecified atom stereocenters. The van der Waals surface area contributed by atoms with Crippen molar-refractivity contribution in [1.82, 2.24) is 5.32 Å². The number of ether oxygens (including phenoxy) is 4. The number of aryl methyl sites for hydroxylation is 1. The molecule has 0 fully saturated rings. The van der Waals surface area contributed by atoms with Crippen LogP contribution in [0, 0.1) is 6.92 Å². The lowest BCUT2D eigenvalue weighted by atomic mass is 10.1. The Bertz CT molecular complexity index is 1060. The lowest BCUT2D eigenvalue weighted by Gasteiger charge is -2.13. The molecule has 1 amide bonds. The molecule has 3 aromatic carbocycles. The van der Waals surface area contributed by atoms with E-state index in [1.807, 2.05) is 49.4 Å². The fourth-order valence-corrected chi connectivity index (χ4v) is 3.36. The third-order valence-corrected chi connectivity index (χ3v) is 5.07. The van der Waals surface area contributed by atoms with Crippen LogP contribution in [0.4, 0.5) is 0 Å². The summed E-state index contributed by atoms with van der Waals surface area (Å²) in [5, 5.41) is 2.97. The standard InChI is InChI=1S/C26H29NO5/c1-18-6-5-7-22(14-18)32-17-21-16-20(9-11-23(21)29-2)26(28)27-13-12-19-8-10-24(30-3)25(15-19)31-4/h5-11,14-16H,12-13,17H2,1-4H3,(H,27,28). The van der Waals surface area contributed by atoms with Gasteiger partial charge in [-0.05, 0) is 66.9 Å². The number of carbonyl (C=O) groups excluding carboxylic acids is 1. The Kier molecular flexibility index (Phi) is 7.97. The van der Waals surface area contributed by atoms with Gasteiger partial charge in [0.25, 0.3) is 5.91 Å². The molecule has 0 saturated heterocycles. The summed E-state index contributed by atoms with van der Waals surface area (Å²) in [6, 6.07) is 18.9. The van der Waals surface area contributed by atoms with E-state index in [1.54, 1.807) is 39.5 Å². The average molecular weight is 436 g/mol. The molecule has 168 valence electrons. The number of hydrogen-bond acceptors (Lipinski definition) is 5. The average Bonchev–Trinajstić information content (AvgIpc) is 2.82. The summed E-state index contributed by atoms with van der Waals surface area (Å²) in [6.07, 6.45) is 0.672. The van der Waals surface area contributed by atoms with Crippen LogP contribution in [0.2, 0.25) is 0 Å². The van der Waals surface area contributed by atoms with Gasteiger partial charge in [-0.15, -0.1) is 0 Å². The zero-order chi connectivity index (χ0) is 22.9. The number of hydrogen-bond donors (Lipinski definition) is 1. The highest BCUT2D eigenvalue weighted by Gasteiger charge is 2.12. The fraction of sp³-hybridized carbons (Fsp3) is 0.269. The Balaban J connectivity index is 1.62. The van der Waals surface area contributed by atoms with Crippen molar-refractivity contribution in [2.24, 2.45) is 0 Å². The molecular formula is C26H29NO5. The maximum atomic E-state index is 12.7. The molecule has 0 radical (unpaired) electrons. The van der Waals surface area contributed by atoms with Crippen molar-refractivity contribution in [1.29, 1.82) is 0 Å². The highest BCUT2D eigenvalue weighted by molar-refractivity contribution is 5.94. The molecule has 6 heteroatoms. The van der Waals surface area contributed by atoms with E-state index in [9.17, 15) is 4.79 Å². The molecule has 0 heterocycles. The molecule has 0 aromatic heterocycles. The smallest absolute Gasteiger partial charge is 0.251 e. The molecular weight excluding hydrogens is 406 g/mol. The molecule has 1 N–H and O–H groups in total. The Hall–Kier alpha value is -3.67. The Morgan fingerprint density at radius 3 is 2.31 bits per heavy atom. The molecule has 0 aliphatic carbocycles. The summed E-state index contributed by atoms with van der Waals surface area (Å²) in [4.78, 5) is 12.7. The van der Waals surface area contributed by atoms with Gasteiger partial charge in [0.05, 0.1) is 21.3 Å². The molecule has 0 atom stereocenters. The van der Waals surface area contributed by atoms with E-state index in [-0.39, 0.29) is 5.91 Å². The highest BCUT2D eigenvalue weighted by atomic mass is 16.5. The normalized spacial score (nSPS) is 10.4. The van der Waals surface area contributed by atoms with Crippen molar-refractivity contribution in [2.45, 2.75) is 20.0 Å². The first kappa shape index (κ1) is 23.0. The lowest BCUT2D eigenvalue weighted by Crippen LogP contribution is -2.25. The van der Waals surface area contributed by atoms with Crippen molar-refractivity contribution in [3.05, 3.63) is 82.9 Å². The van der Waals surface area contributed by atoms with E-state index in [4.69, 9.17) is 18.9 Å². The summed E-state index contributed by atoms with van der Waals surface area (Å²) in [6.45, 7) is 2.81. The number of nitrogens with one attached hydrogen (secondary N) is 1. The van der Waals surface area contributed by atoms with Gasteiger partial charge in [0, 0.05) is 17.7 Å². The molecule has 0 saturated carbocycles. The third kappa shape index (κ3) is 5.94. The van der Waals surface area contributed by atoms with Crippen molar-refractivity contribution >= 4 is 5.91 Å². The van der Waals surface area contributed by atoms with E-state index in [0.717, 1.165) is 22.4 Å². The number of benzene rings is 3. The van der Waals surface area contributed by atoms with Crippen LogP contribution in [0.15, 0.2) is 60.7 Å². The maximum Gasteiger partial charge on any atom is 0.251 e. The number of carbonyl (C=O) groups is 1. The fourth-order valence-electron chi connectivity index (χ4n) is 3.36. The second kappa shape index (κ2) is 11.1. The first-order chi connectivity index (χ1) is 15.5. The predicted molar refractivity (Wildman–Crippen MR) is 124 cm³/mol. The molecule has 0 bridgehead atoms. The first-order valence-electron chi connectivity index (χ1n) is 10.4. The van der Waals surface area contributed by atoms with Gasteiger partial charge < -0.3 is 24.3 Å². The van der Waals surface area contributed by atoms with Crippen LogP contribution in [0.5, 0.6) is 23.0 Å². The van der Waals surface area contributed by atoms with Gasteiger partial charge in [-0.3, -0.25) is 4.79 Å². The summed E-state index contributed by atoms with van der Waals surface area (Å²) >= 11 is 0. The summed E-state index contributed by atoms with van der Waals surface area (Å²) in [5.41, 5.74) is 3.53. The number of rotatable bonds is 10. The van der Waals surface area contributed by atoms with Crippen LogP contribution in [-0.4, -0.2) is 33.8 Å². The highest BCUT2D eigenvalue weighted by Crippen LogP contribution is 2.27. The van der Waals surface area contributed by atoms with E-state index in [2.05, 4.69) is 5.32 Å². The largest absolute Gasteiger partial charge is 0.496 e. The van der Waals surface area contributed by atoms with Gasteiger partial charge >= 0.3 is 0 Å². The van der Waals surface area contributed by atoms with Crippen LogP contribution >= 0.6 is 0 Å². The molecule has 32 heavy (non-hydrogen) atoms. The van der Waals surface area contributed by atoms with E-state index >= 15 is 0 Å². The lowest BCUT2D eigenvalue weighted by molar-refractivity contribution is 0.0954. The molecule has 3 rings (SSSR count). The topological polar surface area (TPSA) is 66.0 Å². The van der Waals surface area contributed by atoms with Crippen LogP contribution in [0.1, 0.15) is 27.0 Å². The molecule has 3 aromatic rings. The van der Waals surface area contributed by atoms with Gasteiger partial charge in [0.15, 0.2) is 11.5 Å². The van der Waals surface area contributed by atoms with Crippen LogP contribution in [0.3, 0.4) is 0 Å². The van der Waals surface area contributed by atoms with E-state index in [0.29, 0.717) is 42.4 Å². The maximum absolute atomic E-state index is 12.7. The minimum Gasteiger partial charge on any atom is -0.496 e. The van der Waals surface area contributed by atoms with Gasteiger partial charge in [0.2, 0.25) is 0 Å². The van der Waals surface area contributed by atoms with E-state index < -0.39 is 0 Å². The molecule has 0 aliphatic heterocycles. The second-order valence-corrected chi connectivity index (χ2v) is 7.33. The summed E-state index contributed by atoms with van der Waals surface area (Å²) in [7, 11) is 4.81. The van der Waals surface area contributed by atoms with Gasteiger partial charge in [0.1, 0.15) is 18.1 Å². The van der Waals surface area contributed by atoms with Crippen molar-refractivity contribution in [3.63, 3.8) is 0 Å².